The van der Waals surface area contributed by atoms with E-state index in [1.54, 1.807) is 0 Å². The molecule has 0 spiro atoms. The Balaban J connectivity index is 1.65. The van der Waals surface area contributed by atoms with Gasteiger partial charge >= 0.3 is 12.5 Å². The number of aromatic nitrogens is 4. The van der Waals surface area contributed by atoms with Crippen molar-refractivity contribution in [1.29, 1.82) is 0 Å². The monoisotopic (exact) mass is 391 g/mol. The van der Waals surface area contributed by atoms with Gasteiger partial charge in [0.2, 0.25) is 5.95 Å². The van der Waals surface area contributed by atoms with Crippen molar-refractivity contribution < 1.29 is 27.5 Å². The molecular weight excluding hydrogens is 379 g/mol. The van der Waals surface area contributed by atoms with Crippen LogP contribution in [-0.4, -0.2) is 31.4 Å². The van der Waals surface area contributed by atoms with Gasteiger partial charge in [-0.15, -0.1) is 10.2 Å². The summed E-state index contributed by atoms with van der Waals surface area (Å²) in [6, 6.07) is 5.57. The van der Waals surface area contributed by atoms with Crippen molar-refractivity contribution in [2.75, 3.05) is 4.90 Å². The fourth-order valence-electron chi connectivity index (χ4n) is 2.97. The van der Waals surface area contributed by atoms with Crippen LogP contribution in [0.4, 0.5) is 23.9 Å². The van der Waals surface area contributed by atoms with E-state index in [0.717, 1.165) is 4.90 Å². The zero-order valence-electron chi connectivity index (χ0n) is 14.1. The predicted octanol–water partition coefficient (Wildman–Crippen LogP) is 3.78. The molecule has 28 heavy (non-hydrogen) atoms. The molecule has 1 aliphatic carbocycles. The molecular formula is C17H12F3N5O3. The Morgan fingerprint density at radius 3 is 2.29 bits per heavy atom. The number of hydrogen-bond acceptors (Lipinski definition) is 6. The van der Waals surface area contributed by atoms with Gasteiger partial charge in [0.15, 0.2) is 0 Å². The number of amides is 1. The average Bonchev–Trinajstić information content (AvgIpc) is 3.29. The number of carbonyl (C=O) groups is 1. The fourth-order valence-corrected chi connectivity index (χ4v) is 2.97. The third kappa shape index (κ3) is 3.04. The topological polar surface area (TPSA) is 105 Å². The van der Waals surface area contributed by atoms with Gasteiger partial charge in [-0.25, -0.2) is 24.1 Å². The van der Waals surface area contributed by atoms with E-state index in [1.165, 1.54) is 36.7 Å². The molecule has 1 fully saturated rings. The highest BCUT2D eigenvalue weighted by atomic mass is 19.3. The summed E-state index contributed by atoms with van der Waals surface area (Å²) < 4.78 is 43.1. The summed E-state index contributed by atoms with van der Waals surface area (Å²) in [5.74, 6) is -1.57. The van der Waals surface area contributed by atoms with Gasteiger partial charge in [-0.05, 0) is 30.5 Å². The van der Waals surface area contributed by atoms with E-state index in [9.17, 15) is 23.1 Å². The number of halogens is 3. The van der Waals surface area contributed by atoms with E-state index in [0.29, 0.717) is 18.4 Å². The van der Waals surface area contributed by atoms with Crippen LogP contribution >= 0.6 is 0 Å². The van der Waals surface area contributed by atoms with Crippen LogP contribution in [0.15, 0.2) is 41.1 Å². The van der Waals surface area contributed by atoms with Crippen LogP contribution in [0.5, 0.6) is 0 Å². The first-order valence-electron chi connectivity index (χ1n) is 8.14. The third-order valence-corrected chi connectivity index (χ3v) is 4.44. The van der Waals surface area contributed by atoms with Crippen LogP contribution < -0.4 is 4.90 Å². The number of carboxylic acid groups (broad SMARTS) is 1. The molecule has 0 unspecified atom stereocenters. The van der Waals surface area contributed by atoms with E-state index in [-0.39, 0.29) is 17.4 Å². The minimum atomic E-state index is -2.91. The molecule has 0 aliphatic heterocycles. The predicted molar refractivity (Wildman–Crippen MR) is 88.1 cm³/mol. The molecule has 11 heteroatoms. The number of anilines is 1. The van der Waals surface area contributed by atoms with E-state index < -0.39 is 29.8 Å². The van der Waals surface area contributed by atoms with E-state index in [4.69, 9.17) is 4.42 Å². The Morgan fingerprint density at radius 2 is 1.79 bits per heavy atom. The quantitative estimate of drug-likeness (QED) is 0.706. The first-order valence-corrected chi connectivity index (χ1v) is 8.14. The zero-order valence-corrected chi connectivity index (χ0v) is 14.1. The number of nitrogens with zero attached hydrogens (tertiary/aromatic N) is 5. The van der Waals surface area contributed by atoms with Gasteiger partial charge < -0.3 is 9.52 Å². The normalized spacial score (nSPS) is 14.9. The second-order valence-electron chi connectivity index (χ2n) is 6.17. The van der Waals surface area contributed by atoms with Crippen LogP contribution in [0.3, 0.4) is 0 Å². The molecule has 0 bridgehead atoms. The number of rotatable bonds is 5. The first-order chi connectivity index (χ1) is 13.4. The van der Waals surface area contributed by atoms with Crippen LogP contribution in [-0.2, 0) is 5.54 Å². The lowest BCUT2D eigenvalue weighted by atomic mass is 10.0. The highest BCUT2D eigenvalue weighted by Crippen LogP contribution is 2.52. The molecule has 144 valence electrons. The Morgan fingerprint density at radius 1 is 1.14 bits per heavy atom. The highest BCUT2D eigenvalue weighted by molar-refractivity contribution is 5.86. The minimum Gasteiger partial charge on any atom is -0.465 e. The average molecular weight is 391 g/mol. The molecule has 1 saturated carbocycles. The molecule has 0 atom stereocenters. The SMILES string of the molecule is O=C(O)N(c1ncc(-c2nnc(C(F)F)o2)cn1)C1(c2ccc(F)cc2)CC1. The number of hydrogen-bond donors (Lipinski definition) is 1. The second kappa shape index (κ2) is 6.59. The van der Waals surface area contributed by atoms with Crippen molar-refractivity contribution >= 4 is 12.0 Å². The fraction of sp³-hybridized carbons (Fsp3) is 0.235. The lowest BCUT2D eigenvalue weighted by Gasteiger charge is -2.28. The lowest BCUT2D eigenvalue weighted by Crippen LogP contribution is -2.41. The lowest BCUT2D eigenvalue weighted by molar-refractivity contribution is 0.116. The molecule has 0 saturated heterocycles. The highest BCUT2D eigenvalue weighted by Gasteiger charge is 2.53. The van der Waals surface area contributed by atoms with Gasteiger partial charge in [0.05, 0.1) is 11.1 Å². The van der Waals surface area contributed by atoms with Crippen molar-refractivity contribution in [2.24, 2.45) is 0 Å². The van der Waals surface area contributed by atoms with Gasteiger partial charge in [-0.1, -0.05) is 12.1 Å². The largest absolute Gasteiger partial charge is 0.465 e. The number of alkyl halides is 2. The number of benzene rings is 1. The molecule has 1 amide bonds. The molecule has 1 N–H and O–H groups in total. The molecule has 4 rings (SSSR count). The summed E-state index contributed by atoms with van der Waals surface area (Å²) in [5.41, 5.74) is -0.0865. The molecule has 1 aromatic carbocycles. The van der Waals surface area contributed by atoms with Crippen LogP contribution in [0.2, 0.25) is 0 Å². The van der Waals surface area contributed by atoms with Crippen molar-refractivity contribution in [3.8, 4) is 11.5 Å². The zero-order chi connectivity index (χ0) is 19.9. The summed E-state index contributed by atoms with van der Waals surface area (Å²) >= 11 is 0. The minimum absolute atomic E-state index is 0.105. The Labute approximate surface area is 155 Å². The van der Waals surface area contributed by atoms with Gasteiger partial charge in [-0.3, -0.25) is 0 Å². The molecule has 2 heterocycles. The molecule has 1 aliphatic rings. The summed E-state index contributed by atoms with van der Waals surface area (Å²) in [6.07, 6.45) is -0.708. The van der Waals surface area contributed by atoms with Crippen molar-refractivity contribution in [3.63, 3.8) is 0 Å². The molecule has 3 aromatic rings. The molecule has 0 radical (unpaired) electrons. The Kier molecular flexibility index (Phi) is 4.21. The maximum absolute atomic E-state index is 13.2. The van der Waals surface area contributed by atoms with Gasteiger partial charge in [0.1, 0.15) is 5.82 Å². The summed E-state index contributed by atoms with van der Waals surface area (Å²) in [7, 11) is 0. The summed E-state index contributed by atoms with van der Waals surface area (Å²) in [5, 5.41) is 16.4. The maximum Gasteiger partial charge on any atom is 0.415 e. The third-order valence-electron chi connectivity index (χ3n) is 4.44. The molecule has 2 aromatic heterocycles. The molecule has 8 nitrogen and oxygen atoms in total. The van der Waals surface area contributed by atoms with Gasteiger partial charge in [-0.2, -0.15) is 8.78 Å². The second-order valence-corrected chi connectivity index (χ2v) is 6.17. The van der Waals surface area contributed by atoms with E-state index in [2.05, 4.69) is 20.2 Å². The van der Waals surface area contributed by atoms with Crippen LogP contribution in [0, 0.1) is 5.82 Å². The van der Waals surface area contributed by atoms with Crippen molar-refractivity contribution in [1.82, 2.24) is 20.2 Å². The first kappa shape index (κ1) is 17.9. The standard InChI is InChI=1S/C17H12F3N5O3/c18-11-3-1-10(2-4-11)17(5-6-17)25(16(26)27)15-21-7-9(8-22-15)13-23-24-14(28-13)12(19)20/h1-4,7-8,12H,5-6H2,(H,26,27). The van der Waals surface area contributed by atoms with E-state index >= 15 is 0 Å². The summed E-state index contributed by atoms with van der Waals surface area (Å²) in [4.78, 5) is 21.0. The van der Waals surface area contributed by atoms with Gasteiger partial charge in [0, 0.05) is 12.4 Å². The van der Waals surface area contributed by atoms with Crippen LogP contribution in [0.25, 0.3) is 11.5 Å². The van der Waals surface area contributed by atoms with Crippen LogP contribution in [0.1, 0.15) is 30.7 Å². The van der Waals surface area contributed by atoms with Gasteiger partial charge in [0.25, 0.3) is 11.8 Å². The maximum atomic E-state index is 13.2. The smallest absolute Gasteiger partial charge is 0.415 e. The van der Waals surface area contributed by atoms with Crippen molar-refractivity contribution in [3.05, 3.63) is 53.9 Å². The Bertz CT molecular complexity index is 1000. The Hall–Kier alpha value is -3.50. The van der Waals surface area contributed by atoms with Crippen molar-refractivity contribution in [2.45, 2.75) is 24.8 Å². The summed E-state index contributed by atoms with van der Waals surface area (Å²) in [6.45, 7) is 0. The van der Waals surface area contributed by atoms with E-state index in [1.807, 2.05) is 0 Å².